The van der Waals surface area contributed by atoms with Crippen LogP contribution in [-0.4, -0.2) is 48.2 Å². The lowest BCUT2D eigenvalue weighted by Gasteiger charge is -2.35. The molecule has 2 amide bonds. The number of anilines is 1. The number of carbonyl (C=O) groups excluding carboxylic acids is 2. The van der Waals surface area contributed by atoms with Gasteiger partial charge in [0.1, 0.15) is 17.9 Å². The number of hydrogen-bond acceptors (Lipinski definition) is 5. The number of rotatable bonds is 2. The van der Waals surface area contributed by atoms with E-state index in [9.17, 15) is 9.59 Å². The third-order valence-corrected chi connectivity index (χ3v) is 4.43. The molecule has 0 spiro atoms. The fraction of sp³-hybridized carbons (Fsp3) is 0.579. The second-order valence-corrected chi connectivity index (χ2v) is 7.98. The summed E-state index contributed by atoms with van der Waals surface area (Å²) in [6.07, 6.45) is -0.740. The van der Waals surface area contributed by atoms with Crippen LogP contribution in [0.1, 0.15) is 46.2 Å². The number of cyclic esters (lactones) is 1. The normalized spacial score (nSPS) is 22.5. The van der Waals surface area contributed by atoms with Crippen LogP contribution in [0.25, 0.3) is 0 Å². The molecule has 0 N–H and O–H groups in total. The van der Waals surface area contributed by atoms with Gasteiger partial charge in [-0.1, -0.05) is 12.1 Å². The van der Waals surface area contributed by atoms with E-state index in [-0.39, 0.29) is 12.1 Å². The molecule has 2 fully saturated rings. The summed E-state index contributed by atoms with van der Waals surface area (Å²) < 4.78 is 16.4. The Morgan fingerprint density at radius 2 is 1.88 bits per heavy atom. The van der Waals surface area contributed by atoms with Gasteiger partial charge in [-0.15, -0.1) is 0 Å². The fourth-order valence-electron chi connectivity index (χ4n) is 3.21. The van der Waals surface area contributed by atoms with Gasteiger partial charge in [-0.3, -0.25) is 9.80 Å². The first-order chi connectivity index (χ1) is 12.1. The average Bonchev–Trinajstić information content (AvgIpc) is 3.08. The molecule has 1 aromatic rings. The zero-order valence-corrected chi connectivity index (χ0v) is 15.9. The number of carbonyl (C=O) groups is 2. The van der Waals surface area contributed by atoms with E-state index in [1.54, 1.807) is 9.80 Å². The van der Waals surface area contributed by atoms with E-state index in [1.807, 2.05) is 58.9 Å². The molecule has 0 bridgehead atoms. The Bertz CT molecular complexity index is 693. The van der Waals surface area contributed by atoms with Gasteiger partial charge in [0.15, 0.2) is 0 Å². The van der Waals surface area contributed by atoms with Gasteiger partial charge in [0, 0.05) is 5.69 Å². The average molecular weight is 362 g/mol. The van der Waals surface area contributed by atoms with Crippen molar-refractivity contribution in [3.05, 3.63) is 29.8 Å². The van der Waals surface area contributed by atoms with Gasteiger partial charge in [0.05, 0.1) is 19.2 Å². The van der Waals surface area contributed by atoms with Crippen molar-refractivity contribution in [2.45, 2.75) is 52.0 Å². The van der Waals surface area contributed by atoms with E-state index >= 15 is 0 Å². The second kappa shape index (κ2) is 6.46. The highest BCUT2D eigenvalue weighted by molar-refractivity contribution is 5.89. The lowest BCUT2D eigenvalue weighted by atomic mass is 10.1. The van der Waals surface area contributed by atoms with Crippen LogP contribution in [0.4, 0.5) is 15.3 Å². The molecule has 2 aliphatic heterocycles. The number of ether oxygens (including phenoxy) is 3. The zero-order valence-electron chi connectivity index (χ0n) is 15.9. The summed E-state index contributed by atoms with van der Waals surface area (Å²) in [4.78, 5) is 27.6. The minimum absolute atomic E-state index is 0.251. The molecule has 0 saturated carbocycles. The lowest BCUT2D eigenvalue weighted by Crippen LogP contribution is -2.47. The number of nitrogens with zero attached hydrogens (tertiary/aromatic N) is 2. The van der Waals surface area contributed by atoms with Crippen molar-refractivity contribution < 1.29 is 23.8 Å². The molecule has 1 atom stereocenters. The molecule has 7 nitrogen and oxygen atoms in total. The molecule has 3 rings (SSSR count). The van der Waals surface area contributed by atoms with Crippen molar-refractivity contribution in [3.63, 3.8) is 0 Å². The van der Waals surface area contributed by atoms with E-state index in [0.29, 0.717) is 19.8 Å². The molecule has 0 aliphatic carbocycles. The van der Waals surface area contributed by atoms with Crippen LogP contribution in [0.5, 0.6) is 0 Å². The summed E-state index contributed by atoms with van der Waals surface area (Å²) >= 11 is 0. The van der Waals surface area contributed by atoms with Crippen LogP contribution in [0.2, 0.25) is 0 Å². The Morgan fingerprint density at radius 3 is 2.42 bits per heavy atom. The lowest BCUT2D eigenvalue weighted by molar-refractivity contribution is -0.0626. The van der Waals surface area contributed by atoms with E-state index in [1.165, 1.54) is 0 Å². The molecule has 26 heavy (non-hydrogen) atoms. The van der Waals surface area contributed by atoms with Crippen molar-refractivity contribution in [3.8, 4) is 0 Å². The van der Waals surface area contributed by atoms with Crippen LogP contribution >= 0.6 is 0 Å². The highest BCUT2D eigenvalue weighted by Gasteiger charge is 2.46. The first-order valence-electron chi connectivity index (χ1n) is 8.79. The molecule has 7 heteroatoms. The molecule has 0 radical (unpaired) electrons. The van der Waals surface area contributed by atoms with Gasteiger partial charge in [-0.2, -0.15) is 0 Å². The number of hydrogen-bond donors (Lipinski definition) is 0. The quantitative estimate of drug-likeness (QED) is 0.803. The van der Waals surface area contributed by atoms with Gasteiger partial charge in [-0.25, -0.2) is 9.59 Å². The summed E-state index contributed by atoms with van der Waals surface area (Å²) in [5, 5.41) is 0. The molecule has 2 saturated heterocycles. The maximum atomic E-state index is 12.7. The van der Waals surface area contributed by atoms with Crippen LogP contribution in [0.3, 0.4) is 0 Å². The van der Waals surface area contributed by atoms with Crippen molar-refractivity contribution in [2.24, 2.45) is 0 Å². The Kier molecular flexibility index (Phi) is 4.60. The van der Waals surface area contributed by atoms with Gasteiger partial charge < -0.3 is 14.2 Å². The summed E-state index contributed by atoms with van der Waals surface area (Å²) in [5.41, 5.74) is 0.362. The topological polar surface area (TPSA) is 68.3 Å². The van der Waals surface area contributed by atoms with Crippen molar-refractivity contribution in [1.82, 2.24) is 4.90 Å². The van der Waals surface area contributed by atoms with E-state index in [4.69, 9.17) is 14.2 Å². The minimum atomic E-state index is -0.759. The van der Waals surface area contributed by atoms with Crippen LogP contribution in [0, 0.1) is 0 Å². The predicted octanol–water partition coefficient (Wildman–Crippen LogP) is 3.69. The third-order valence-electron chi connectivity index (χ3n) is 4.43. The largest absolute Gasteiger partial charge is 0.447 e. The molecule has 0 unspecified atom stereocenters. The van der Waals surface area contributed by atoms with Crippen LogP contribution in [-0.2, 0) is 14.2 Å². The third kappa shape index (κ3) is 3.62. The molecule has 142 valence electrons. The van der Waals surface area contributed by atoms with Crippen LogP contribution < -0.4 is 4.90 Å². The summed E-state index contributed by atoms with van der Waals surface area (Å²) in [6, 6.07) is 7.29. The van der Waals surface area contributed by atoms with Gasteiger partial charge in [0.25, 0.3) is 0 Å². The van der Waals surface area contributed by atoms with E-state index in [2.05, 4.69) is 0 Å². The van der Waals surface area contributed by atoms with Gasteiger partial charge in [-0.05, 0) is 52.3 Å². The number of amides is 2. The highest BCUT2D eigenvalue weighted by Crippen LogP contribution is 2.38. The Morgan fingerprint density at radius 1 is 1.23 bits per heavy atom. The molecular weight excluding hydrogens is 336 g/mol. The standard InChI is InChI=1S/C19H26N2O5/c1-18(2,3)26-17(23)21-15(12-25-19(21,4)5)13-6-8-14(9-7-13)20-10-11-24-16(20)22/h6-9,15H,10-12H2,1-5H3/t15-/m0/s1. The summed E-state index contributed by atoms with van der Waals surface area (Å²) in [6.45, 7) is 10.6. The second-order valence-electron chi connectivity index (χ2n) is 7.98. The van der Waals surface area contributed by atoms with Gasteiger partial charge >= 0.3 is 12.2 Å². The van der Waals surface area contributed by atoms with Crippen molar-refractivity contribution >= 4 is 17.9 Å². The van der Waals surface area contributed by atoms with Gasteiger partial charge in [0.2, 0.25) is 0 Å². The van der Waals surface area contributed by atoms with E-state index in [0.717, 1.165) is 11.3 Å². The number of benzene rings is 1. The monoisotopic (exact) mass is 362 g/mol. The summed E-state index contributed by atoms with van der Waals surface area (Å²) in [7, 11) is 0. The smallest absolute Gasteiger partial charge is 0.414 e. The Labute approximate surface area is 153 Å². The van der Waals surface area contributed by atoms with Crippen molar-refractivity contribution in [1.29, 1.82) is 0 Å². The predicted molar refractivity (Wildman–Crippen MR) is 96.0 cm³/mol. The molecule has 2 heterocycles. The van der Waals surface area contributed by atoms with Crippen molar-refractivity contribution in [2.75, 3.05) is 24.7 Å². The summed E-state index contributed by atoms with van der Waals surface area (Å²) in [5.74, 6) is 0. The molecular formula is C19H26N2O5. The maximum absolute atomic E-state index is 12.7. The first kappa shape index (κ1) is 18.5. The minimum Gasteiger partial charge on any atom is -0.447 e. The Hall–Kier alpha value is -2.28. The maximum Gasteiger partial charge on any atom is 0.414 e. The Balaban J connectivity index is 1.82. The van der Waals surface area contributed by atoms with Crippen LogP contribution in [0.15, 0.2) is 24.3 Å². The molecule has 0 aromatic heterocycles. The molecule has 1 aromatic carbocycles. The fourth-order valence-corrected chi connectivity index (χ4v) is 3.21. The molecule has 2 aliphatic rings. The SMILES string of the molecule is CC(C)(C)OC(=O)N1[C@H](c2ccc(N3CCOC3=O)cc2)COC1(C)C. The first-order valence-corrected chi connectivity index (χ1v) is 8.79. The zero-order chi connectivity index (χ0) is 19.1. The highest BCUT2D eigenvalue weighted by atomic mass is 16.6. The van der Waals surface area contributed by atoms with E-state index < -0.39 is 17.4 Å².